The van der Waals surface area contributed by atoms with E-state index in [1.807, 2.05) is 19.1 Å². The zero-order valence-corrected chi connectivity index (χ0v) is 12.2. The van der Waals surface area contributed by atoms with Crippen LogP contribution in [0.2, 0.25) is 0 Å². The van der Waals surface area contributed by atoms with Gasteiger partial charge in [-0.3, -0.25) is 10.1 Å². The summed E-state index contributed by atoms with van der Waals surface area (Å²) in [5.41, 5.74) is 2.23. The minimum absolute atomic E-state index is 0.182. The number of fused-ring (bicyclic) bond motifs is 1. The Hall–Kier alpha value is -2.25. The summed E-state index contributed by atoms with van der Waals surface area (Å²) in [4.78, 5) is 4.44. The van der Waals surface area contributed by atoms with Crippen LogP contribution in [-0.2, 0) is 16.6 Å². The van der Waals surface area contributed by atoms with Gasteiger partial charge in [0.25, 0.3) is 0 Å². The highest BCUT2D eigenvalue weighted by Gasteiger charge is 2.18. The number of aryl methyl sites for hydroxylation is 1. The van der Waals surface area contributed by atoms with Gasteiger partial charge in [-0.1, -0.05) is 12.1 Å². The fourth-order valence-corrected chi connectivity index (χ4v) is 3.29. The minimum Gasteiger partial charge on any atom is -0.285 e. The smallest absolute Gasteiger partial charge is 0.243 e. The molecule has 21 heavy (non-hydrogen) atoms. The first-order valence-corrected chi connectivity index (χ1v) is 7.87. The maximum atomic E-state index is 12.4. The molecule has 2 N–H and O–H groups in total. The van der Waals surface area contributed by atoms with E-state index in [0.717, 1.165) is 16.5 Å². The number of pyridine rings is 1. The van der Waals surface area contributed by atoms with Crippen molar-refractivity contribution in [2.75, 3.05) is 0 Å². The van der Waals surface area contributed by atoms with Crippen LogP contribution in [0.15, 0.2) is 47.8 Å². The maximum Gasteiger partial charge on any atom is 0.243 e. The van der Waals surface area contributed by atoms with E-state index in [0.29, 0.717) is 5.52 Å². The molecule has 0 fully saturated rings. The molecule has 7 heteroatoms. The lowest BCUT2D eigenvalue weighted by molar-refractivity contribution is 0.582. The van der Waals surface area contributed by atoms with E-state index in [4.69, 9.17) is 0 Å². The highest BCUT2D eigenvalue weighted by atomic mass is 32.2. The van der Waals surface area contributed by atoms with E-state index in [1.165, 1.54) is 0 Å². The number of rotatable bonds is 4. The lowest BCUT2D eigenvalue weighted by atomic mass is 10.2. The van der Waals surface area contributed by atoms with Crippen LogP contribution < -0.4 is 4.72 Å². The second-order valence-corrected chi connectivity index (χ2v) is 6.51. The number of hydrogen-bond donors (Lipinski definition) is 2. The first-order chi connectivity index (χ1) is 10.1. The van der Waals surface area contributed by atoms with Gasteiger partial charge in [-0.05, 0) is 24.6 Å². The number of nitrogens with zero attached hydrogens (tertiary/aromatic N) is 2. The van der Waals surface area contributed by atoms with Crippen molar-refractivity contribution in [1.82, 2.24) is 19.9 Å². The number of aromatic nitrogens is 3. The molecule has 0 aliphatic heterocycles. The SMILES string of the molecule is Cc1cnc2c(S(=O)(=O)NCc3cn[nH]c3)cccc2c1. The fourth-order valence-electron chi connectivity index (χ4n) is 2.09. The number of hydrogen-bond acceptors (Lipinski definition) is 4. The molecule has 1 aromatic carbocycles. The molecule has 3 aromatic rings. The van der Waals surface area contributed by atoms with Crippen LogP contribution in [0, 0.1) is 6.92 Å². The van der Waals surface area contributed by atoms with Crippen LogP contribution in [0.5, 0.6) is 0 Å². The quantitative estimate of drug-likeness (QED) is 0.768. The van der Waals surface area contributed by atoms with Crippen LogP contribution in [0.25, 0.3) is 10.9 Å². The van der Waals surface area contributed by atoms with Crippen molar-refractivity contribution in [3.05, 3.63) is 54.0 Å². The third-order valence-corrected chi connectivity index (χ3v) is 4.55. The summed E-state index contributed by atoms with van der Waals surface area (Å²) >= 11 is 0. The van der Waals surface area contributed by atoms with Crippen LogP contribution in [0.4, 0.5) is 0 Å². The Bertz CT molecular complexity index is 873. The lowest BCUT2D eigenvalue weighted by Gasteiger charge is -2.08. The van der Waals surface area contributed by atoms with Gasteiger partial charge in [-0.2, -0.15) is 5.10 Å². The fraction of sp³-hybridized carbons (Fsp3) is 0.143. The second kappa shape index (κ2) is 5.27. The van der Waals surface area contributed by atoms with Crippen molar-refractivity contribution in [3.63, 3.8) is 0 Å². The Labute approximate surface area is 122 Å². The van der Waals surface area contributed by atoms with Crippen LogP contribution in [0.1, 0.15) is 11.1 Å². The van der Waals surface area contributed by atoms with Crippen LogP contribution in [-0.4, -0.2) is 23.6 Å². The molecule has 0 saturated carbocycles. The molecular formula is C14H14N4O2S. The van der Waals surface area contributed by atoms with E-state index in [9.17, 15) is 8.42 Å². The third-order valence-electron chi connectivity index (χ3n) is 3.12. The number of sulfonamides is 1. The normalized spacial score (nSPS) is 11.9. The summed E-state index contributed by atoms with van der Waals surface area (Å²) < 4.78 is 27.4. The molecular weight excluding hydrogens is 288 g/mol. The molecule has 108 valence electrons. The summed E-state index contributed by atoms with van der Waals surface area (Å²) in [6.45, 7) is 2.10. The van der Waals surface area contributed by atoms with E-state index >= 15 is 0 Å². The Morgan fingerprint density at radius 2 is 2.14 bits per heavy atom. The van der Waals surface area contributed by atoms with E-state index in [2.05, 4.69) is 19.9 Å². The molecule has 0 saturated heterocycles. The van der Waals surface area contributed by atoms with Gasteiger partial charge >= 0.3 is 0 Å². The van der Waals surface area contributed by atoms with Gasteiger partial charge in [-0.25, -0.2) is 13.1 Å². The molecule has 0 spiro atoms. The highest BCUT2D eigenvalue weighted by molar-refractivity contribution is 7.89. The predicted octanol–water partition coefficient (Wildman–Crippen LogP) is 1.74. The first-order valence-electron chi connectivity index (χ1n) is 6.39. The summed E-state index contributed by atoms with van der Waals surface area (Å²) in [6, 6.07) is 7.04. The van der Waals surface area contributed by atoms with Crippen LogP contribution >= 0.6 is 0 Å². The molecule has 0 atom stereocenters. The molecule has 3 rings (SSSR count). The first kappa shape index (κ1) is 13.7. The number of benzene rings is 1. The van der Waals surface area contributed by atoms with Gasteiger partial charge in [0.15, 0.2) is 0 Å². The van der Waals surface area contributed by atoms with Gasteiger partial charge < -0.3 is 0 Å². The molecule has 0 unspecified atom stereocenters. The molecule has 2 heterocycles. The van der Waals surface area contributed by atoms with Crippen molar-refractivity contribution < 1.29 is 8.42 Å². The monoisotopic (exact) mass is 302 g/mol. The van der Waals surface area contributed by atoms with Gasteiger partial charge in [-0.15, -0.1) is 0 Å². The molecule has 6 nitrogen and oxygen atoms in total. The Balaban J connectivity index is 1.98. The van der Waals surface area contributed by atoms with Crippen molar-refractivity contribution in [2.45, 2.75) is 18.4 Å². The molecule has 0 aliphatic rings. The second-order valence-electron chi connectivity index (χ2n) is 4.77. The predicted molar refractivity (Wildman–Crippen MR) is 79.1 cm³/mol. The molecule has 0 radical (unpaired) electrons. The lowest BCUT2D eigenvalue weighted by Crippen LogP contribution is -2.23. The molecule has 0 amide bonds. The van der Waals surface area contributed by atoms with Crippen molar-refractivity contribution in [1.29, 1.82) is 0 Å². The number of nitrogens with one attached hydrogen (secondary N) is 2. The molecule has 2 aromatic heterocycles. The summed E-state index contributed by atoms with van der Waals surface area (Å²) in [5.74, 6) is 0. The largest absolute Gasteiger partial charge is 0.285 e. The van der Waals surface area contributed by atoms with E-state index in [-0.39, 0.29) is 11.4 Å². The number of para-hydroxylation sites is 1. The zero-order chi connectivity index (χ0) is 14.9. The Kier molecular flexibility index (Phi) is 3.44. The third kappa shape index (κ3) is 2.79. The van der Waals surface area contributed by atoms with Gasteiger partial charge in [0.1, 0.15) is 4.90 Å². The topological polar surface area (TPSA) is 87.7 Å². The average Bonchev–Trinajstić information content (AvgIpc) is 2.97. The van der Waals surface area contributed by atoms with E-state index in [1.54, 1.807) is 30.7 Å². The zero-order valence-electron chi connectivity index (χ0n) is 11.4. The highest BCUT2D eigenvalue weighted by Crippen LogP contribution is 2.21. The summed E-state index contributed by atoms with van der Waals surface area (Å²) in [7, 11) is -3.63. The van der Waals surface area contributed by atoms with Crippen molar-refractivity contribution >= 4 is 20.9 Å². The van der Waals surface area contributed by atoms with E-state index < -0.39 is 10.0 Å². The molecule has 0 bridgehead atoms. The Morgan fingerprint density at radius 3 is 2.90 bits per heavy atom. The average molecular weight is 302 g/mol. The van der Waals surface area contributed by atoms with Gasteiger partial charge in [0.2, 0.25) is 10.0 Å². The van der Waals surface area contributed by atoms with Crippen LogP contribution in [0.3, 0.4) is 0 Å². The molecule has 0 aliphatic carbocycles. The van der Waals surface area contributed by atoms with Gasteiger partial charge in [0.05, 0.1) is 11.7 Å². The van der Waals surface area contributed by atoms with Crippen molar-refractivity contribution in [2.24, 2.45) is 0 Å². The number of H-pyrrole nitrogens is 1. The number of aromatic amines is 1. The minimum atomic E-state index is -3.63. The van der Waals surface area contributed by atoms with Gasteiger partial charge in [0, 0.05) is 29.9 Å². The summed E-state index contributed by atoms with van der Waals surface area (Å²) in [5, 5.41) is 7.23. The van der Waals surface area contributed by atoms with Crippen molar-refractivity contribution in [3.8, 4) is 0 Å². The Morgan fingerprint density at radius 1 is 1.29 bits per heavy atom. The standard InChI is InChI=1S/C14H14N4O2S/c1-10-5-12-3-2-4-13(14(12)15-6-10)21(19,20)18-9-11-7-16-17-8-11/h2-8,18H,9H2,1H3,(H,16,17). The maximum absolute atomic E-state index is 12.4. The summed E-state index contributed by atoms with van der Waals surface area (Å²) in [6.07, 6.45) is 4.89.